The minimum atomic E-state index is -3.62. The molecule has 24 heavy (non-hydrogen) atoms. The second-order valence-electron chi connectivity index (χ2n) is 5.70. The maximum absolute atomic E-state index is 12.8. The lowest BCUT2D eigenvalue weighted by Gasteiger charge is -2.17. The van der Waals surface area contributed by atoms with Gasteiger partial charge < -0.3 is 4.90 Å². The summed E-state index contributed by atoms with van der Waals surface area (Å²) in [7, 11) is 0.268. The molecule has 0 saturated heterocycles. The molecule has 1 heterocycles. The number of aromatic nitrogens is 1. The van der Waals surface area contributed by atoms with Crippen LogP contribution in [0.5, 0.6) is 0 Å². The molecule has 0 bridgehead atoms. The van der Waals surface area contributed by atoms with Crippen molar-refractivity contribution in [1.82, 2.24) is 9.71 Å². The van der Waals surface area contributed by atoms with E-state index in [-0.39, 0.29) is 11.4 Å². The summed E-state index contributed by atoms with van der Waals surface area (Å²) in [6, 6.07) is 14.6. The van der Waals surface area contributed by atoms with E-state index in [0.29, 0.717) is 5.39 Å². The van der Waals surface area contributed by atoms with Gasteiger partial charge in [0, 0.05) is 49.5 Å². The van der Waals surface area contributed by atoms with Gasteiger partial charge in [-0.3, -0.25) is 4.98 Å². The van der Waals surface area contributed by atoms with Crippen LogP contribution in [0.1, 0.15) is 5.56 Å². The van der Waals surface area contributed by atoms with E-state index in [0.717, 1.165) is 16.6 Å². The molecule has 0 spiro atoms. The van der Waals surface area contributed by atoms with Crippen LogP contribution in [0.3, 0.4) is 0 Å². The number of hydrogen-bond donors (Lipinski definition) is 1. The molecular weight excluding hydrogens is 322 g/mol. The van der Waals surface area contributed by atoms with Crippen molar-refractivity contribution in [3.8, 4) is 0 Å². The summed E-state index contributed by atoms with van der Waals surface area (Å²) in [4.78, 5) is 6.20. The Bertz CT molecular complexity index is 954. The highest BCUT2D eigenvalue weighted by molar-refractivity contribution is 7.89. The summed E-state index contributed by atoms with van der Waals surface area (Å²) in [6.45, 7) is 0.231. The molecule has 0 fully saturated rings. The Morgan fingerprint density at radius 3 is 2.33 bits per heavy atom. The van der Waals surface area contributed by atoms with Gasteiger partial charge in [0.2, 0.25) is 10.0 Å². The molecule has 1 aromatic heterocycles. The summed E-state index contributed by atoms with van der Waals surface area (Å²) in [5, 5.41) is 1.63. The van der Waals surface area contributed by atoms with Gasteiger partial charge in [0.1, 0.15) is 0 Å². The first-order valence-electron chi connectivity index (χ1n) is 7.57. The van der Waals surface area contributed by atoms with Crippen LogP contribution in [0.2, 0.25) is 0 Å². The molecule has 0 amide bonds. The van der Waals surface area contributed by atoms with Crippen LogP contribution in [0.4, 0.5) is 5.69 Å². The maximum Gasteiger partial charge on any atom is 0.241 e. The molecule has 0 unspecified atom stereocenters. The predicted octanol–water partition coefficient (Wildman–Crippen LogP) is 2.78. The topological polar surface area (TPSA) is 62.3 Å². The van der Waals surface area contributed by atoms with Gasteiger partial charge in [-0.15, -0.1) is 0 Å². The highest BCUT2D eigenvalue weighted by atomic mass is 32.2. The Labute approximate surface area is 142 Å². The van der Waals surface area contributed by atoms with E-state index in [4.69, 9.17) is 0 Å². The van der Waals surface area contributed by atoms with Crippen molar-refractivity contribution in [1.29, 1.82) is 0 Å². The van der Waals surface area contributed by atoms with Gasteiger partial charge in [-0.1, -0.05) is 24.3 Å². The lowest BCUT2D eigenvalue weighted by Crippen LogP contribution is -2.23. The zero-order valence-electron chi connectivity index (χ0n) is 13.6. The molecule has 5 nitrogen and oxygen atoms in total. The predicted molar refractivity (Wildman–Crippen MR) is 96.5 cm³/mol. The van der Waals surface area contributed by atoms with Crippen LogP contribution in [-0.2, 0) is 16.6 Å². The molecule has 1 N–H and O–H groups in total. The molecule has 3 aromatic rings. The van der Waals surface area contributed by atoms with Gasteiger partial charge >= 0.3 is 0 Å². The normalized spacial score (nSPS) is 11.6. The first-order chi connectivity index (χ1) is 11.5. The quantitative estimate of drug-likeness (QED) is 0.775. The SMILES string of the molecule is CN(C)c1cccc2c(S(=O)(=O)NCc3ccncc3)cccc12. The average molecular weight is 341 g/mol. The molecule has 0 atom stereocenters. The van der Waals surface area contributed by atoms with Gasteiger partial charge in [-0.05, 0) is 29.8 Å². The number of anilines is 1. The number of benzene rings is 2. The number of hydrogen-bond acceptors (Lipinski definition) is 4. The largest absolute Gasteiger partial charge is 0.377 e. The highest BCUT2D eigenvalue weighted by Crippen LogP contribution is 2.30. The molecule has 2 aromatic carbocycles. The summed E-state index contributed by atoms with van der Waals surface area (Å²) in [6.07, 6.45) is 3.29. The molecule has 3 rings (SSSR count). The van der Waals surface area contributed by atoms with E-state index < -0.39 is 10.0 Å². The van der Waals surface area contributed by atoms with Crippen LogP contribution >= 0.6 is 0 Å². The number of rotatable bonds is 5. The molecule has 0 aliphatic carbocycles. The van der Waals surface area contributed by atoms with Crippen molar-refractivity contribution in [3.63, 3.8) is 0 Å². The fourth-order valence-electron chi connectivity index (χ4n) is 2.65. The number of fused-ring (bicyclic) bond motifs is 1. The number of nitrogens with one attached hydrogen (secondary N) is 1. The van der Waals surface area contributed by atoms with Gasteiger partial charge in [-0.25, -0.2) is 13.1 Å². The number of sulfonamides is 1. The standard InChI is InChI=1S/C18H19N3O2S/c1-21(2)17-7-3-6-16-15(17)5-4-8-18(16)24(22,23)20-13-14-9-11-19-12-10-14/h3-12,20H,13H2,1-2H3. The van der Waals surface area contributed by atoms with Crippen LogP contribution in [0, 0.1) is 0 Å². The molecule has 0 radical (unpaired) electrons. The van der Waals surface area contributed by atoms with Crippen molar-refractivity contribution >= 4 is 26.5 Å². The second-order valence-corrected chi connectivity index (χ2v) is 7.44. The number of pyridine rings is 1. The van der Waals surface area contributed by atoms with E-state index in [1.165, 1.54) is 0 Å². The van der Waals surface area contributed by atoms with Crippen LogP contribution < -0.4 is 9.62 Å². The van der Waals surface area contributed by atoms with Gasteiger partial charge in [-0.2, -0.15) is 0 Å². The third-order valence-electron chi connectivity index (χ3n) is 3.85. The first kappa shape index (κ1) is 16.4. The van der Waals surface area contributed by atoms with Crippen molar-refractivity contribution in [2.45, 2.75) is 11.4 Å². The molecule has 0 aliphatic heterocycles. The molecule has 6 heteroatoms. The Balaban J connectivity index is 2.00. The van der Waals surface area contributed by atoms with E-state index >= 15 is 0 Å². The van der Waals surface area contributed by atoms with Crippen LogP contribution in [-0.4, -0.2) is 27.5 Å². The maximum atomic E-state index is 12.8. The highest BCUT2D eigenvalue weighted by Gasteiger charge is 2.18. The molecular formula is C18H19N3O2S. The summed E-state index contributed by atoms with van der Waals surface area (Å²) < 4.78 is 28.2. The van der Waals surface area contributed by atoms with Crippen LogP contribution in [0.15, 0.2) is 65.8 Å². The van der Waals surface area contributed by atoms with E-state index in [9.17, 15) is 8.42 Å². The third kappa shape index (κ3) is 3.25. The zero-order chi connectivity index (χ0) is 17.2. The Kier molecular flexibility index (Phi) is 4.51. The van der Waals surface area contributed by atoms with Gasteiger partial charge in [0.25, 0.3) is 0 Å². The van der Waals surface area contributed by atoms with E-state index in [1.54, 1.807) is 36.7 Å². The van der Waals surface area contributed by atoms with Crippen molar-refractivity contribution in [3.05, 3.63) is 66.5 Å². The van der Waals surface area contributed by atoms with E-state index in [1.807, 2.05) is 43.3 Å². The van der Waals surface area contributed by atoms with Gasteiger partial charge in [0.15, 0.2) is 0 Å². The molecule has 0 aliphatic rings. The van der Waals surface area contributed by atoms with Crippen molar-refractivity contribution < 1.29 is 8.42 Å². The average Bonchev–Trinajstić information content (AvgIpc) is 2.59. The fourth-order valence-corrected chi connectivity index (χ4v) is 3.88. The number of nitrogens with zero attached hydrogens (tertiary/aromatic N) is 2. The van der Waals surface area contributed by atoms with Crippen molar-refractivity contribution in [2.24, 2.45) is 0 Å². The Morgan fingerprint density at radius 1 is 0.958 bits per heavy atom. The summed E-state index contributed by atoms with van der Waals surface area (Å²) >= 11 is 0. The Hall–Kier alpha value is -2.44. The van der Waals surface area contributed by atoms with Crippen molar-refractivity contribution in [2.75, 3.05) is 19.0 Å². The van der Waals surface area contributed by atoms with Crippen LogP contribution in [0.25, 0.3) is 10.8 Å². The minimum Gasteiger partial charge on any atom is -0.377 e. The zero-order valence-corrected chi connectivity index (χ0v) is 14.4. The molecule has 0 saturated carbocycles. The summed E-state index contributed by atoms with van der Waals surface area (Å²) in [5.74, 6) is 0. The lowest BCUT2D eigenvalue weighted by atomic mass is 10.1. The lowest BCUT2D eigenvalue weighted by molar-refractivity contribution is 0.582. The third-order valence-corrected chi connectivity index (χ3v) is 5.31. The second kappa shape index (κ2) is 6.59. The van der Waals surface area contributed by atoms with Gasteiger partial charge in [0.05, 0.1) is 4.90 Å². The Morgan fingerprint density at radius 2 is 1.62 bits per heavy atom. The minimum absolute atomic E-state index is 0.231. The first-order valence-corrected chi connectivity index (χ1v) is 9.05. The van der Waals surface area contributed by atoms with E-state index in [2.05, 4.69) is 9.71 Å². The smallest absolute Gasteiger partial charge is 0.241 e. The summed E-state index contributed by atoms with van der Waals surface area (Å²) in [5.41, 5.74) is 1.85. The monoisotopic (exact) mass is 341 g/mol. The fraction of sp³-hybridized carbons (Fsp3) is 0.167. The molecule has 124 valence electrons.